The number of benzene rings is 3. The highest BCUT2D eigenvalue weighted by Crippen LogP contribution is 2.30. The van der Waals surface area contributed by atoms with Gasteiger partial charge in [0.2, 0.25) is 0 Å². The number of hydrogen-bond donors (Lipinski definition) is 1. The number of carbonyl (C=O) groups excluding carboxylic acids is 3. The second-order valence-electron chi connectivity index (χ2n) is 7.26. The van der Waals surface area contributed by atoms with Crippen LogP contribution in [0.25, 0.3) is 6.08 Å². The number of carbonyl (C=O) groups is 3. The van der Waals surface area contributed by atoms with Crippen LogP contribution in [0.5, 0.6) is 11.5 Å². The van der Waals surface area contributed by atoms with Gasteiger partial charge in [-0.15, -0.1) is 0 Å². The lowest BCUT2D eigenvalue weighted by molar-refractivity contribution is -0.122. The molecule has 0 bridgehead atoms. The van der Waals surface area contributed by atoms with Crippen molar-refractivity contribution in [3.63, 3.8) is 0 Å². The number of halogens is 2. The fraction of sp³-hybridized carbons (Fsp3) is 0.0800. The summed E-state index contributed by atoms with van der Waals surface area (Å²) in [5.74, 6) is -1.29. The fourth-order valence-corrected chi connectivity index (χ4v) is 3.55. The number of nitrogens with zero attached hydrogens (tertiary/aromatic N) is 1. The van der Waals surface area contributed by atoms with Crippen molar-refractivity contribution in [2.75, 3.05) is 12.0 Å². The molecule has 0 aromatic heterocycles. The lowest BCUT2D eigenvalue weighted by atomic mass is 10.1. The molecule has 0 aliphatic carbocycles. The monoisotopic (exact) mass is 524 g/mol. The van der Waals surface area contributed by atoms with E-state index in [1.807, 2.05) is 24.3 Å². The summed E-state index contributed by atoms with van der Waals surface area (Å²) in [6.45, 7) is 0.319. The predicted octanol–water partition coefficient (Wildman–Crippen LogP) is 4.84. The van der Waals surface area contributed by atoms with Gasteiger partial charge < -0.3 is 9.47 Å². The van der Waals surface area contributed by atoms with Crippen LogP contribution in [0.15, 0.2) is 76.8 Å². The van der Waals surface area contributed by atoms with E-state index in [0.717, 1.165) is 27.1 Å². The molecule has 9 heteroatoms. The summed E-state index contributed by atoms with van der Waals surface area (Å²) in [7, 11) is 1.48. The minimum Gasteiger partial charge on any atom is -0.493 e. The molecule has 1 heterocycles. The molecule has 1 aliphatic rings. The van der Waals surface area contributed by atoms with Crippen molar-refractivity contribution in [3.8, 4) is 11.5 Å². The zero-order valence-corrected chi connectivity index (χ0v) is 19.5. The molecule has 7 nitrogen and oxygen atoms in total. The number of imide groups is 2. The highest BCUT2D eigenvalue weighted by molar-refractivity contribution is 9.10. The Hall–Kier alpha value is -3.98. The van der Waals surface area contributed by atoms with Gasteiger partial charge >= 0.3 is 6.03 Å². The van der Waals surface area contributed by atoms with Crippen molar-refractivity contribution in [1.82, 2.24) is 5.32 Å². The minimum atomic E-state index is -0.909. The first-order valence-electron chi connectivity index (χ1n) is 10.1. The topological polar surface area (TPSA) is 84.9 Å². The second-order valence-corrected chi connectivity index (χ2v) is 8.18. The molecule has 172 valence electrons. The quantitative estimate of drug-likeness (QED) is 0.368. The molecular weight excluding hydrogens is 507 g/mol. The summed E-state index contributed by atoms with van der Waals surface area (Å²) in [6.07, 6.45) is 1.35. The summed E-state index contributed by atoms with van der Waals surface area (Å²) in [5.41, 5.74) is 1.33. The van der Waals surface area contributed by atoms with Crippen LogP contribution in [0.4, 0.5) is 14.9 Å². The highest BCUT2D eigenvalue weighted by atomic mass is 79.9. The molecule has 0 unspecified atom stereocenters. The van der Waals surface area contributed by atoms with Gasteiger partial charge in [0.25, 0.3) is 11.8 Å². The smallest absolute Gasteiger partial charge is 0.335 e. The molecule has 0 saturated carbocycles. The summed E-state index contributed by atoms with van der Waals surface area (Å²) in [4.78, 5) is 38.4. The summed E-state index contributed by atoms with van der Waals surface area (Å²) in [6, 6.07) is 16.5. The molecule has 1 N–H and O–H groups in total. The molecule has 34 heavy (non-hydrogen) atoms. The Morgan fingerprint density at radius 2 is 1.68 bits per heavy atom. The van der Waals surface area contributed by atoms with Crippen LogP contribution in [-0.4, -0.2) is 25.0 Å². The maximum Gasteiger partial charge on any atom is 0.335 e. The average Bonchev–Trinajstić information content (AvgIpc) is 2.83. The predicted molar refractivity (Wildman–Crippen MR) is 127 cm³/mol. The Kier molecular flexibility index (Phi) is 6.74. The van der Waals surface area contributed by atoms with Crippen molar-refractivity contribution in [2.24, 2.45) is 0 Å². The number of methoxy groups -OCH3 is 1. The van der Waals surface area contributed by atoms with Crippen molar-refractivity contribution in [3.05, 3.63) is 93.7 Å². The van der Waals surface area contributed by atoms with Crippen LogP contribution in [0.1, 0.15) is 11.1 Å². The maximum absolute atomic E-state index is 13.3. The van der Waals surface area contributed by atoms with Crippen molar-refractivity contribution in [2.45, 2.75) is 6.61 Å². The standard InChI is InChI=1S/C25H18BrFN2O5/c1-33-22-13-16(4-11-21(22)34-14-15-2-5-17(26)6-3-15)12-20-23(30)28-25(32)29(24(20)31)19-9-7-18(27)8-10-19/h2-13H,14H2,1H3,(H,28,30,32)/b20-12+. The first-order chi connectivity index (χ1) is 16.4. The van der Waals surface area contributed by atoms with E-state index in [0.29, 0.717) is 23.7 Å². The van der Waals surface area contributed by atoms with Crippen molar-refractivity contribution in [1.29, 1.82) is 0 Å². The van der Waals surface area contributed by atoms with E-state index in [2.05, 4.69) is 21.2 Å². The summed E-state index contributed by atoms with van der Waals surface area (Å²) < 4.78 is 25.5. The van der Waals surface area contributed by atoms with E-state index in [4.69, 9.17) is 9.47 Å². The molecule has 0 spiro atoms. The van der Waals surface area contributed by atoms with Crippen LogP contribution in [0.2, 0.25) is 0 Å². The third-order valence-corrected chi connectivity index (χ3v) is 5.52. The molecule has 0 atom stereocenters. The normalized spacial score (nSPS) is 14.9. The third-order valence-electron chi connectivity index (χ3n) is 4.99. The Morgan fingerprint density at radius 3 is 2.35 bits per heavy atom. The Morgan fingerprint density at radius 1 is 0.971 bits per heavy atom. The van der Waals surface area contributed by atoms with Crippen LogP contribution >= 0.6 is 15.9 Å². The van der Waals surface area contributed by atoms with Gasteiger partial charge in [-0.05, 0) is 65.7 Å². The number of rotatable bonds is 6. The number of urea groups is 1. The first-order valence-corrected chi connectivity index (χ1v) is 10.9. The van der Waals surface area contributed by atoms with Crippen LogP contribution in [-0.2, 0) is 16.2 Å². The molecule has 1 saturated heterocycles. The third kappa shape index (κ3) is 4.99. The van der Waals surface area contributed by atoms with E-state index in [-0.39, 0.29) is 11.3 Å². The van der Waals surface area contributed by atoms with Crippen molar-refractivity contribution >= 4 is 45.5 Å². The van der Waals surface area contributed by atoms with E-state index < -0.39 is 23.7 Å². The van der Waals surface area contributed by atoms with Gasteiger partial charge in [0.05, 0.1) is 12.8 Å². The van der Waals surface area contributed by atoms with Gasteiger partial charge in [0, 0.05) is 4.47 Å². The maximum atomic E-state index is 13.3. The van der Waals surface area contributed by atoms with E-state index >= 15 is 0 Å². The largest absolute Gasteiger partial charge is 0.493 e. The summed E-state index contributed by atoms with van der Waals surface area (Å²) in [5, 5.41) is 2.13. The number of barbiturate groups is 1. The highest BCUT2D eigenvalue weighted by Gasteiger charge is 2.36. The first kappa shape index (κ1) is 23.2. The summed E-state index contributed by atoms with van der Waals surface area (Å²) >= 11 is 3.39. The Labute approximate surface area is 202 Å². The minimum absolute atomic E-state index is 0.136. The zero-order valence-electron chi connectivity index (χ0n) is 17.9. The zero-order chi connectivity index (χ0) is 24.2. The molecule has 1 aliphatic heterocycles. The van der Waals surface area contributed by atoms with Gasteiger partial charge in [-0.25, -0.2) is 14.1 Å². The lowest BCUT2D eigenvalue weighted by Gasteiger charge is -2.26. The number of amides is 4. The SMILES string of the molecule is COc1cc(/C=C2\C(=O)NC(=O)N(c3ccc(F)cc3)C2=O)ccc1OCc1ccc(Br)cc1. The molecule has 3 aromatic rings. The van der Waals surface area contributed by atoms with E-state index in [1.165, 1.54) is 25.3 Å². The number of anilines is 1. The number of ether oxygens (including phenoxy) is 2. The van der Waals surface area contributed by atoms with Gasteiger partial charge in [-0.1, -0.05) is 34.1 Å². The van der Waals surface area contributed by atoms with Gasteiger partial charge in [0.15, 0.2) is 11.5 Å². The molecular formula is C25H18BrFN2O5. The van der Waals surface area contributed by atoms with E-state index in [1.54, 1.807) is 18.2 Å². The molecule has 1 fully saturated rings. The molecule has 0 radical (unpaired) electrons. The molecule has 3 aromatic carbocycles. The molecule has 4 amide bonds. The number of hydrogen-bond acceptors (Lipinski definition) is 5. The molecule has 4 rings (SSSR count). The Bertz CT molecular complexity index is 1290. The Balaban J connectivity index is 1.58. The van der Waals surface area contributed by atoms with Crippen LogP contribution in [0, 0.1) is 5.82 Å². The average molecular weight is 525 g/mol. The van der Waals surface area contributed by atoms with Gasteiger partial charge in [-0.2, -0.15) is 0 Å². The number of nitrogens with one attached hydrogen (secondary N) is 1. The second kappa shape index (κ2) is 9.88. The van der Waals surface area contributed by atoms with Crippen LogP contribution in [0.3, 0.4) is 0 Å². The van der Waals surface area contributed by atoms with Gasteiger partial charge in [-0.3, -0.25) is 14.9 Å². The van der Waals surface area contributed by atoms with Gasteiger partial charge in [0.1, 0.15) is 18.0 Å². The lowest BCUT2D eigenvalue weighted by Crippen LogP contribution is -2.54. The van der Waals surface area contributed by atoms with E-state index in [9.17, 15) is 18.8 Å². The van der Waals surface area contributed by atoms with Crippen LogP contribution < -0.4 is 19.7 Å². The van der Waals surface area contributed by atoms with Crippen molar-refractivity contribution < 1.29 is 28.2 Å². The fourth-order valence-electron chi connectivity index (χ4n) is 3.28.